The largest absolute Gasteiger partial charge is 0.464 e. The zero-order valence-electron chi connectivity index (χ0n) is 9.64. The van der Waals surface area contributed by atoms with Crippen LogP contribution in [-0.4, -0.2) is 31.8 Å². The third kappa shape index (κ3) is 2.02. The van der Waals surface area contributed by atoms with Crippen LogP contribution in [0.2, 0.25) is 0 Å². The number of hydrogen-bond donors (Lipinski definition) is 0. The van der Waals surface area contributed by atoms with Gasteiger partial charge in [-0.15, -0.1) is 0 Å². The molecule has 0 aliphatic carbocycles. The first kappa shape index (κ1) is 11.0. The monoisotopic (exact) mass is 220 g/mol. The van der Waals surface area contributed by atoms with E-state index in [2.05, 4.69) is 16.8 Å². The second-order valence-electron chi connectivity index (χ2n) is 3.54. The molecule has 0 bridgehead atoms. The van der Waals surface area contributed by atoms with Crippen LogP contribution in [0.25, 0.3) is 11.0 Å². The average Bonchev–Trinajstić information content (AvgIpc) is 2.78. The number of furan rings is 1. The van der Waals surface area contributed by atoms with E-state index in [4.69, 9.17) is 9.15 Å². The SMILES string of the molecule is CCN(CCOC)c1nccc2occc12. The summed E-state index contributed by atoms with van der Waals surface area (Å²) in [7, 11) is 1.71. The zero-order valence-corrected chi connectivity index (χ0v) is 9.64. The molecule has 0 aromatic carbocycles. The molecule has 2 aromatic rings. The highest BCUT2D eigenvalue weighted by atomic mass is 16.5. The topological polar surface area (TPSA) is 38.5 Å². The minimum atomic E-state index is 0.698. The quantitative estimate of drug-likeness (QED) is 0.775. The summed E-state index contributed by atoms with van der Waals surface area (Å²) in [5.41, 5.74) is 0.876. The molecule has 4 nitrogen and oxygen atoms in total. The lowest BCUT2D eigenvalue weighted by molar-refractivity contribution is 0.205. The average molecular weight is 220 g/mol. The molecule has 0 radical (unpaired) electrons. The van der Waals surface area contributed by atoms with Crippen molar-refractivity contribution < 1.29 is 9.15 Å². The van der Waals surface area contributed by atoms with E-state index < -0.39 is 0 Å². The molecule has 86 valence electrons. The van der Waals surface area contributed by atoms with Gasteiger partial charge in [0.1, 0.15) is 11.4 Å². The van der Waals surface area contributed by atoms with Crippen molar-refractivity contribution in [2.75, 3.05) is 31.7 Å². The lowest BCUT2D eigenvalue weighted by atomic mass is 10.3. The lowest BCUT2D eigenvalue weighted by Gasteiger charge is -2.21. The van der Waals surface area contributed by atoms with E-state index in [0.29, 0.717) is 6.61 Å². The summed E-state index contributed by atoms with van der Waals surface area (Å²) in [5, 5.41) is 1.06. The van der Waals surface area contributed by atoms with Gasteiger partial charge in [0.2, 0.25) is 0 Å². The van der Waals surface area contributed by atoms with Crippen LogP contribution in [0.4, 0.5) is 5.82 Å². The van der Waals surface area contributed by atoms with Crippen LogP contribution in [-0.2, 0) is 4.74 Å². The molecule has 2 aromatic heterocycles. The van der Waals surface area contributed by atoms with Crippen molar-refractivity contribution in [1.29, 1.82) is 0 Å². The predicted molar refractivity (Wildman–Crippen MR) is 63.8 cm³/mol. The predicted octanol–water partition coefficient (Wildman–Crippen LogP) is 2.30. The normalized spacial score (nSPS) is 10.9. The van der Waals surface area contributed by atoms with Crippen LogP contribution in [0.15, 0.2) is 29.0 Å². The Hall–Kier alpha value is -1.55. The van der Waals surface area contributed by atoms with E-state index in [9.17, 15) is 0 Å². The molecule has 16 heavy (non-hydrogen) atoms. The van der Waals surface area contributed by atoms with E-state index in [0.717, 1.165) is 29.9 Å². The smallest absolute Gasteiger partial charge is 0.139 e. The molecule has 0 saturated heterocycles. The van der Waals surface area contributed by atoms with Crippen molar-refractivity contribution >= 4 is 16.8 Å². The molecule has 0 amide bonds. The summed E-state index contributed by atoms with van der Waals surface area (Å²) in [4.78, 5) is 6.60. The number of pyridine rings is 1. The first-order chi connectivity index (χ1) is 7.86. The molecule has 0 unspecified atom stereocenters. The number of hydrogen-bond acceptors (Lipinski definition) is 4. The third-order valence-corrected chi connectivity index (χ3v) is 2.61. The molecule has 2 heterocycles. The number of ether oxygens (including phenoxy) is 1. The Bertz CT molecular complexity index is 453. The van der Waals surface area contributed by atoms with Gasteiger partial charge in [-0.05, 0) is 19.1 Å². The molecule has 0 spiro atoms. The van der Waals surface area contributed by atoms with Crippen LogP contribution in [0, 0.1) is 0 Å². The van der Waals surface area contributed by atoms with Gasteiger partial charge < -0.3 is 14.1 Å². The second-order valence-corrected chi connectivity index (χ2v) is 3.54. The summed E-state index contributed by atoms with van der Waals surface area (Å²) < 4.78 is 10.5. The number of rotatable bonds is 5. The summed E-state index contributed by atoms with van der Waals surface area (Å²) in [6.07, 6.45) is 3.47. The van der Waals surface area contributed by atoms with Gasteiger partial charge >= 0.3 is 0 Å². The highest BCUT2D eigenvalue weighted by molar-refractivity contribution is 5.88. The minimum Gasteiger partial charge on any atom is -0.464 e. The van der Waals surface area contributed by atoms with Crippen LogP contribution in [0.3, 0.4) is 0 Å². The summed E-state index contributed by atoms with van der Waals surface area (Å²) in [6, 6.07) is 3.83. The van der Waals surface area contributed by atoms with E-state index in [1.54, 1.807) is 19.6 Å². The number of aromatic nitrogens is 1. The van der Waals surface area contributed by atoms with Crippen molar-refractivity contribution in [2.45, 2.75) is 6.92 Å². The molecule has 4 heteroatoms. The standard InChI is InChI=1S/C12H16N2O2/c1-3-14(7-9-15-2)12-10-5-8-16-11(10)4-6-13-12/h4-6,8H,3,7,9H2,1-2H3. The maximum atomic E-state index is 5.36. The number of nitrogens with zero attached hydrogens (tertiary/aromatic N) is 2. The Morgan fingerprint density at radius 2 is 2.31 bits per heavy atom. The van der Waals surface area contributed by atoms with Crippen molar-refractivity contribution in [1.82, 2.24) is 4.98 Å². The molecule has 0 saturated carbocycles. The van der Waals surface area contributed by atoms with Gasteiger partial charge in [-0.3, -0.25) is 0 Å². The number of anilines is 1. The Balaban J connectivity index is 2.32. The lowest BCUT2D eigenvalue weighted by Crippen LogP contribution is -2.27. The van der Waals surface area contributed by atoms with E-state index >= 15 is 0 Å². The molecule has 2 rings (SSSR count). The molecule has 0 N–H and O–H groups in total. The van der Waals surface area contributed by atoms with Gasteiger partial charge in [0.05, 0.1) is 18.3 Å². The van der Waals surface area contributed by atoms with Crippen molar-refractivity contribution in [2.24, 2.45) is 0 Å². The molecule has 0 atom stereocenters. The second kappa shape index (κ2) is 4.99. The van der Waals surface area contributed by atoms with Crippen molar-refractivity contribution in [3.05, 3.63) is 24.6 Å². The molecular formula is C12H16N2O2. The fourth-order valence-corrected chi connectivity index (χ4v) is 1.75. The Kier molecular flexibility index (Phi) is 3.41. The third-order valence-electron chi connectivity index (χ3n) is 2.61. The summed E-state index contributed by atoms with van der Waals surface area (Å²) >= 11 is 0. The van der Waals surface area contributed by atoms with E-state index in [1.165, 1.54) is 0 Å². The first-order valence-electron chi connectivity index (χ1n) is 5.43. The number of fused-ring (bicyclic) bond motifs is 1. The molecule has 0 aliphatic rings. The van der Waals surface area contributed by atoms with Crippen LogP contribution in [0.1, 0.15) is 6.92 Å². The maximum Gasteiger partial charge on any atom is 0.139 e. The van der Waals surface area contributed by atoms with Crippen LogP contribution < -0.4 is 4.90 Å². The molecule has 0 fully saturated rings. The van der Waals surface area contributed by atoms with Gasteiger partial charge in [0, 0.05) is 26.4 Å². The van der Waals surface area contributed by atoms with E-state index in [1.807, 2.05) is 12.1 Å². The van der Waals surface area contributed by atoms with Crippen molar-refractivity contribution in [3.63, 3.8) is 0 Å². The highest BCUT2D eigenvalue weighted by Crippen LogP contribution is 2.24. The van der Waals surface area contributed by atoms with Gasteiger partial charge in [-0.25, -0.2) is 4.98 Å². The fraction of sp³-hybridized carbons (Fsp3) is 0.417. The Morgan fingerprint density at radius 3 is 3.06 bits per heavy atom. The Morgan fingerprint density at radius 1 is 1.44 bits per heavy atom. The molecular weight excluding hydrogens is 204 g/mol. The van der Waals surface area contributed by atoms with Gasteiger partial charge in [0.15, 0.2) is 0 Å². The van der Waals surface area contributed by atoms with Crippen molar-refractivity contribution in [3.8, 4) is 0 Å². The highest BCUT2D eigenvalue weighted by Gasteiger charge is 2.10. The van der Waals surface area contributed by atoms with Gasteiger partial charge in [0.25, 0.3) is 0 Å². The Labute approximate surface area is 94.8 Å². The zero-order chi connectivity index (χ0) is 11.4. The number of methoxy groups -OCH3 is 1. The molecule has 0 aliphatic heterocycles. The van der Waals surface area contributed by atoms with Gasteiger partial charge in [-0.1, -0.05) is 0 Å². The van der Waals surface area contributed by atoms with Gasteiger partial charge in [-0.2, -0.15) is 0 Å². The number of likely N-dealkylation sites (N-methyl/N-ethyl adjacent to an activating group) is 1. The van der Waals surface area contributed by atoms with E-state index in [-0.39, 0.29) is 0 Å². The van der Waals surface area contributed by atoms with Crippen LogP contribution in [0.5, 0.6) is 0 Å². The van der Waals surface area contributed by atoms with Crippen LogP contribution >= 0.6 is 0 Å². The summed E-state index contributed by atoms with van der Waals surface area (Å²) in [5.74, 6) is 0.964. The first-order valence-corrected chi connectivity index (χ1v) is 5.43. The fourth-order valence-electron chi connectivity index (χ4n) is 1.75. The maximum absolute atomic E-state index is 5.36. The summed E-state index contributed by atoms with van der Waals surface area (Å²) in [6.45, 7) is 4.55. The minimum absolute atomic E-state index is 0.698.